The minimum absolute atomic E-state index is 0.383. The molecule has 2 unspecified atom stereocenters. The Kier molecular flexibility index (Phi) is 2.94. The summed E-state index contributed by atoms with van der Waals surface area (Å²) in [5.74, 6) is 1.12. The lowest BCUT2D eigenvalue weighted by molar-refractivity contribution is -0.120. The lowest BCUT2D eigenvalue weighted by Gasteiger charge is -2.54. The molecule has 2 saturated carbocycles. The summed E-state index contributed by atoms with van der Waals surface area (Å²) in [6, 6.07) is 0. The molecule has 0 radical (unpaired) electrons. The molecule has 0 aromatic rings. The highest BCUT2D eigenvalue weighted by Gasteiger charge is 2.50. The van der Waals surface area contributed by atoms with Crippen LogP contribution < -0.4 is 0 Å². The predicted octanol–water partition coefficient (Wildman–Crippen LogP) is 3.92. The molecule has 0 saturated heterocycles. The fraction of sp³-hybridized carbons (Fsp3) is 0.867. The van der Waals surface area contributed by atoms with Crippen LogP contribution in [0.1, 0.15) is 59.3 Å². The number of allylic oxidation sites excluding steroid dienone is 1. The zero-order valence-corrected chi connectivity index (χ0v) is 11.1. The zero-order chi connectivity index (χ0) is 12.0. The van der Waals surface area contributed by atoms with Crippen molar-refractivity contribution in [3.05, 3.63) is 12.2 Å². The van der Waals surface area contributed by atoms with Gasteiger partial charge >= 0.3 is 0 Å². The Hall–Kier alpha value is -0.300. The van der Waals surface area contributed by atoms with E-state index in [0.717, 1.165) is 12.8 Å². The van der Waals surface area contributed by atoms with Crippen molar-refractivity contribution in [3.63, 3.8) is 0 Å². The van der Waals surface area contributed by atoms with Gasteiger partial charge in [-0.1, -0.05) is 25.5 Å². The van der Waals surface area contributed by atoms with E-state index >= 15 is 0 Å². The second-order valence-electron chi connectivity index (χ2n) is 6.73. The summed E-state index contributed by atoms with van der Waals surface area (Å²) >= 11 is 0. The molecule has 0 aliphatic heterocycles. The molecule has 0 aromatic carbocycles. The standard InChI is InChI=1S/C15H26O/c1-11(2)12-6-9-14(3)7-5-8-15(4,16)13(14)10-12/h12-13,16H,1,5-10H2,2-4H3/t12?,13?,14-,15-/m1/s1. The molecule has 2 aliphatic rings. The van der Waals surface area contributed by atoms with Crippen LogP contribution in [0.2, 0.25) is 0 Å². The van der Waals surface area contributed by atoms with Crippen molar-refractivity contribution in [2.45, 2.75) is 64.9 Å². The Morgan fingerprint density at radius 3 is 2.56 bits per heavy atom. The lowest BCUT2D eigenvalue weighted by Crippen LogP contribution is -2.51. The van der Waals surface area contributed by atoms with Gasteiger partial charge in [-0.15, -0.1) is 0 Å². The Morgan fingerprint density at radius 1 is 1.25 bits per heavy atom. The highest BCUT2D eigenvalue weighted by Crippen LogP contribution is 2.56. The number of aliphatic hydroxyl groups is 1. The number of rotatable bonds is 1. The molecule has 0 bridgehead atoms. The van der Waals surface area contributed by atoms with Gasteiger partial charge in [0, 0.05) is 0 Å². The summed E-state index contributed by atoms with van der Waals surface area (Å²) in [6.07, 6.45) is 7.17. The number of hydrogen-bond acceptors (Lipinski definition) is 1. The van der Waals surface area contributed by atoms with Crippen molar-refractivity contribution < 1.29 is 5.11 Å². The van der Waals surface area contributed by atoms with Crippen LogP contribution in [-0.2, 0) is 0 Å². The van der Waals surface area contributed by atoms with Gasteiger partial charge in [-0.05, 0) is 63.2 Å². The van der Waals surface area contributed by atoms with E-state index in [2.05, 4.69) is 27.4 Å². The maximum Gasteiger partial charge on any atom is 0.0653 e. The molecule has 0 aromatic heterocycles. The Balaban J connectivity index is 2.21. The SMILES string of the molecule is C=C(C)C1CC[C@@]2(C)CCC[C@@](C)(O)C2C1. The van der Waals surface area contributed by atoms with E-state index in [0.29, 0.717) is 17.3 Å². The third-order valence-electron chi connectivity index (χ3n) is 5.30. The van der Waals surface area contributed by atoms with Crippen molar-refractivity contribution in [2.75, 3.05) is 0 Å². The molecule has 2 rings (SSSR count). The van der Waals surface area contributed by atoms with Gasteiger partial charge < -0.3 is 5.11 Å². The minimum atomic E-state index is -0.443. The second-order valence-corrected chi connectivity index (χ2v) is 6.73. The molecule has 1 heteroatoms. The van der Waals surface area contributed by atoms with E-state index in [-0.39, 0.29) is 0 Å². The summed E-state index contributed by atoms with van der Waals surface area (Å²) in [6.45, 7) is 10.7. The predicted molar refractivity (Wildman–Crippen MR) is 68.2 cm³/mol. The van der Waals surface area contributed by atoms with E-state index in [1.807, 2.05) is 0 Å². The first-order chi connectivity index (χ1) is 7.35. The molecule has 1 nitrogen and oxygen atoms in total. The van der Waals surface area contributed by atoms with E-state index in [1.165, 1.54) is 31.3 Å². The van der Waals surface area contributed by atoms with Crippen molar-refractivity contribution >= 4 is 0 Å². The van der Waals surface area contributed by atoms with Crippen LogP contribution >= 0.6 is 0 Å². The van der Waals surface area contributed by atoms with Crippen LogP contribution in [-0.4, -0.2) is 10.7 Å². The van der Waals surface area contributed by atoms with Crippen molar-refractivity contribution in [1.82, 2.24) is 0 Å². The van der Waals surface area contributed by atoms with Gasteiger partial charge in [0.05, 0.1) is 5.60 Å². The molecule has 4 atom stereocenters. The normalized spacial score (nSPS) is 48.5. The first-order valence-electron chi connectivity index (χ1n) is 6.73. The maximum atomic E-state index is 10.6. The van der Waals surface area contributed by atoms with Crippen LogP contribution in [0.15, 0.2) is 12.2 Å². The second kappa shape index (κ2) is 3.87. The van der Waals surface area contributed by atoms with E-state index < -0.39 is 5.60 Å². The summed E-state index contributed by atoms with van der Waals surface area (Å²) in [7, 11) is 0. The fourth-order valence-corrected chi connectivity index (χ4v) is 4.14. The lowest BCUT2D eigenvalue weighted by atomic mass is 9.53. The quantitative estimate of drug-likeness (QED) is 0.667. The van der Waals surface area contributed by atoms with E-state index in [9.17, 15) is 5.11 Å². The summed E-state index contributed by atoms with van der Waals surface area (Å²) < 4.78 is 0. The Bertz CT molecular complexity index is 292. The third kappa shape index (κ3) is 1.95. The highest BCUT2D eigenvalue weighted by molar-refractivity contribution is 5.07. The molecular weight excluding hydrogens is 196 g/mol. The smallest absolute Gasteiger partial charge is 0.0653 e. The van der Waals surface area contributed by atoms with Crippen LogP contribution in [0.3, 0.4) is 0 Å². The summed E-state index contributed by atoms with van der Waals surface area (Å²) in [4.78, 5) is 0. The van der Waals surface area contributed by atoms with Gasteiger partial charge in [0.1, 0.15) is 0 Å². The average molecular weight is 222 g/mol. The number of fused-ring (bicyclic) bond motifs is 1. The zero-order valence-electron chi connectivity index (χ0n) is 11.1. The molecular formula is C15H26O. The Labute approximate surface area is 99.9 Å². The van der Waals surface area contributed by atoms with Gasteiger partial charge in [-0.25, -0.2) is 0 Å². The molecule has 16 heavy (non-hydrogen) atoms. The van der Waals surface area contributed by atoms with Crippen molar-refractivity contribution in [1.29, 1.82) is 0 Å². The summed E-state index contributed by atoms with van der Waals surface area (Å²) in [5.41, 5.74) is 1.25. The van der Waals surface area contributed by atoms with Crippen molar-refractivity contribution in [2.24, 2.45) is 17.3 Å². The first kappa shape index (κ1) is 12.2. The third-order valence-corrected chi connectivity index (χ3v) is 5.30. The van der Waals surface area contributed by atoms with Crippen LogP contribution in [0.4, 0.5) is 0 Å². The molecule has 0 spiro atoms. The maximum absolute atomic E-state index is 10.6. The largest absolute Gasteiger partial charge is 0.390 e. The topological polar surface area (TPSA) is 20.2 Å². The minimum Gasteiger partial charge on any atom is -0.390 e. The first-order valence-corrected chi connectivity index (χ1v) is 6.73. The van der Waals surface area contributed by atoms with E-state index in [1.54, 1.807) is 0 Å². The molecule has 0 amide bonds. The van der Waals surface area contributed by atoms with Crippen LogP contribution in [0.25, 0.3) is 0 Å². The molecule has 2 aliphatic carbocycles. The molecule has 0 heterocycles. The van der Waals surface area contributed by atoms with Gasteiger partial charge in [-0.3, -0.25) is 0 Å². The average Bonchev–Trinajstić information content (AvgIpc) is 2.15. The fourth-order valence-electron chi connectivity index (χ4n) is 4.14. The van der Waals surface area contributed by atoms with Gasteiger partial charge in [0.2, 0.25) is 0 Å². The Morgan fingerprint density at radius 2 is 1.94 bits per heavy atom. The van der Waals surface area contributed by atoms with E-state index in [4.69, 9.17) is 0 Å². The molecule has 2 fully saturated rings. The van der Waals surface area contributed by atoms with Gasteiger partial charge in [-0.2, -0.15) is 0 Å². The van der Waals surface area contributed by atoms with Gasteiger partial charge in [0.15, 0.2) is 0 Å². The summed E-state index contributed by atoms with van der Waals surface area (Å²) in [5, 5.41) is 10.6. The van der Waals surface area contributed by atoms with Crippen LogP contribution in [0, 0.1) is 17.3 Å². The monoisotopic (exact) mass is 222 g/mol. The molecule has 92 valence electrons. The highest BCUT2D eigenvalue weighted by atomic mass is 16.3. The van der Waals surface area contributed by atoms with Crippen molar-refractivity contribution in [3.8, 4) is 0 Å². The number of hydrogen-bond donors (Lipinski definition) is 1. The molecule has 1 N–H and O–H groups in total. The van der Waals surface area contributed by atoms with Crippen LogP contribution in [0.5, 0.6) is 0 Å². The van der Waals surface area contributed by atoms with Gasteiger partial charge in [0.25, 0.3) is 0 Å².